The topological polar surface area (TPSA) is 83.8 Å². The summed E-state index contributed by atoms with van der Waals surface area (Å²) in [5, 5.41) is 2.79. The van der Waals surface area contributed by atoms with Crippen LogP contribution in [0.2, 0.25) is 0 Å². The van der Waals surface area contributed by atoms with Crippen LogP contribution in [0.4, 0.5) is 5.69 Å². The van der Waals surface area contributed by atoms with Crippen LogP contribution in [0.5, 0.6) is 0 Å². The van der Waals surface area contributed by atoms with Gasteiger partial charge in [0.05, 0.1) is 16.8 Å². The molecule has 0 spiro atoms. The van der Waals surface area contributed by atoms with Crippen molar-refractivity contribution >= 4 is 29.1 Å². The Morgan fingerprint density at radius 1 is 0.969 bits per heavy atom. The minimum atomic E-state index is -0.941. The highest BCUT2D eigenvalue weighted by atomic mass is 16.2. The van der Waals surface area contributed by atoms with E-state index in [1.807, 2.05) is 48.0 Å². The second kappa shape index (κ2) is 7.46. The number of pyridine rings is 1. The zero-order chi connectivity index (χ0) is 22.4. The highest BCUT2D eigenvalue weighted by Gasteiger charge is 2.40. The molecule has 0 saturated heterocycles. The Morgan fingerprint density at radius 3 is 2.28 bits per heavy atom. The molecule has 1 aliphatic heterocycles. The number of hydrogen-bond acceptors (Lipinski definition) is 4. The van der Waals surface area contributed by atoms with Crippen LogP contribution in [-0.2, 0) is 4.79 Å². The lowest BCUT2D eigenvalue weighted by Gasteiger charge is -2.21. The SMILES string of the molecule is Cc1ccn2cc(-c3ccc(NC(=O)[C@H](C)N4C(=O)c5ccccc5C4=O)cc3)nc2c1. The summed E-state index contributed by atoms with van der Waals surface area (Å²) in [6.07, 6.45) is 3.92. The van der Waals surface area contributed by atoms with Crippen LogP contribution in [-0.4, -0.2) is 38.0 Å². The molecule has 7 heteroatoms. The highest BCUT2D eigenvalue weighted by Crippen LogP contribution is 2.26. The molecule has 0 aliphatic carbocycles. The van der Waals surface area contributed by atoms with E-state index >= 15 is 0 Å². The summed E-state index contributed by atoms with van der Waals surface area (Å²) in [6, 6.07) is 17.0. The average molecular weight is 424 g/mol. The first-order valence-corrected chi connectivity index (χ1v) is 10.3. The number of carbonyl (C=O) groups is 3. The van der Waals surface area contributed by atoms with Crippen molar-refractivity contribution < 1.29 is 14.4 Å². The van der Waals surface area contributed by atoms with Crippen LogP contribution in [0.1, 0.15) is 33.2 Å². The van der Waals surface area contributed by atoms with Crippen molar-refractivity contribution in [2.45, 2.75) is 19.9 Å². The van der Waals surface area contributed by atoms with Crippen molar-refractivity contribution in [2.75, 3.05) is 5.32 Å². The lowest BCUT2D eigenvalue weighted by molar-refractivity contribution is -0.119. The molecule has 0 saturated carbocycles. The number of nitrogens with one attached hydrogen (secondary N) is 1. The van der Waals surface area contributed by atoms with Crippen LogP contribution in [0.25, 0.3) is 16.9 Å². The molecule has 5 rings (SSSR count). The highest BCUT2D eigenvalue weighted by molar-refractivity contribution is 6.23. The molecule has 0 bridgehead atoms. The molecule has 2 aromatic heterocycles. The van der Waals surface area contributed by atoms with Gasteiger partial charge in [-0.05, 0) is 55.8 Å². The van der Waals surface area contributed by atoms with E-state index in [0.29, 0.717) is 16.8 Å². The van der Waals surface area contributed by atoms with Crippen molar-refractivity contribution in [3.8, 4) is 11.3 Å². The Bertz CT molecular complexity index is 1350. The largest absolute Gasteiger partial charge is 0.324 e. The van der Waals surface area contributed by atoms with Gasteiger partial charge in [-0.15, -0.1) is 0 Å². The smallest absolute Gasteiger partial charge is 0.262 e. The second-order valence-electron chi connectivity index (χ2n) is 7.86. The number of nitrogens with zero attached hydrogens (tertiary/aromatic N) is 3. The van der Waals surface area contributed by atoms with Crippen LogP contribution in [0.15, 0.2) is 73.1 Å². The molecule has 3 heterocycles. The molecule has 1 atom stereocenters. The van der Waals surface area contributed by atoms with E-state index in [9.17, 15) is 14.4 Å². The van der Waals surface area contributed by atoms with E-state index in [2.05, 4.69) is 10.3 Å². The van der Waals surface area contributed by atoms with Crippen LogP contribution >= 0.6 is 0 Å². The molecule has 1 aliphatic rings. The van der Waals surface area contributed by atoms with Gasteiger partial charge in [0.2, 0.25) is 5.91 Å². The summed E-state index contributed by atoms with van der Waals surface area (Å²) < 4.78 is 1.96. The number of benzene rings is 2. The number of rotatable bonds is 4. The Hall–Kier alpha value is -4.26. The van der Waals surface area contributed by atoms with E-state index in [1.165, 1.54) is 0 Å². The number of fused-ring (bicyclic) bond motifs is 2. The maximum absolute atomic E-state index is 12.8. The minimum absolute atomic E-state index is 0.323. The molecule has 0 unspecified atom stereocenters. The predicted molar refractivity (Wildman–Crippen MR) is 120 cm³/mol. The number of amides is 3. The molecule has 3 amide bonds. The summed E-state index contributed by atoms with van der Waals surface area (Å²) in [5.74, 6) is -1.34. The maximum atomic E-state index is 12.8. The summed E-state index contributed by atoms with van der Waals surface area (Å²) >= 11 is 0. The summed E-state index contributed by atoms with van der Waals surface area (Å²) in [6.45, 7) is 3.57. The zero-order valence-corrected chi connectivity index (χ0v) is 17.6. The third-order valence-electron chi connectivity index (χ3n) is 5.66. The van der Waals surface area contributed by atoms with Gasteiger partial charge < -0.3 is 9.72 Å². The van der Waals surface area contributed by atoms with Crippen molar-refractivity contribution in [3.05, 3.63) is 89.7 Å². The Kier molecular flexibility index (Phi) is 4.59. The zero-order valence-electron chi connectivity index (χ0n) is 17.6. The molecule has 32 heavy (non-hydrogen) atoms. The van der Waals surface area contributed by atoms with Crippen LogP contribution < -0.4 is 5.32 Å². The lowest BCUT2D eigenvalue weighted by Crippen LogP contribution is -2.45. The quantitative estimate of drug-likeness (QED) is 0.503. The second-order valence-corrected chi connectivity index (χ2v) is 7.86. The standard InChI is InChI=1S/C25H20N4O3/c1-15-11-12-28-14-21(27-22(28)13-15)17-7-9-18(10-8-17)26-23(30)16(2)29-24(31)19-5-3-4-6-20(19)25(29)32/h3-14,16H,1-2H3,(H,26,30)/t16-/m0/s1. The predicted octanol–water partition coefficient (Wildman–Crippen LogP) is 3.93. The number of aryl methyl sites for hydroxylation is 1. The van der Waals surface area contributed by atoms with Gasteiger partial charge in [0.1, 0.15) is 11.7 Å². The van der Waals surface area contributed by atoms with E-state index in [-0.39, 0.29) is 0 Å². The van der Waals surface area contributed by atoms with E-state index in [0.717, 1.165) is 27.4 Å². The molecule has 0 radical (unpaired) electrons. The van der Waals surface area contributed by atoms with Crippen molar-refractivity contribution in [3.63, 3.8) is 0 Å². The van der Waals surface area contributed by atoms with Gasteiger partial charge in [-0.3, -0.25) is 19.3 Å². The number of imide groups is 1. The van der Waals surface area contributed by atoms with Crippen molar-refractivity contribution in [1.82, 2.24) is 14.3 Å². The van der Waals surface area contributed by atoms with E-state index < -0.39 is 23.8 Å². The molecule has 4 aromatic rings. The molecule has 2 aromatic carbocycles. The van der Waals surface area contributed by atoms with Crippen LogP contribution in [0, 0.1) is 6.92 Å². The maximum Gasteiger partial charge on any atom is 0.262 e. The third-order valence-corrected chi connectivity index (χ3v) is 5.66. The first-order chi connectivity index (χ1) is 15.4. The fraction of sp³-hybridized carbons (Fsp3) is 0.120. The Labute approximate surface area is 184 Å². The molecule has 158 valence electrons. The van der Waals surface area contributed by atoms with E-state index in [1.54, 1.807) is 43.3 Å². The van der Waals surface area contributed by atoms with Gasteiger partial charge >= 0.3 is 0 Å². The van der Waals surface area contributed by atoms with Crippen molar-refractivity contribution in [2.24, 2.45) is 0 Å². The summed E-state index contributed by atoms with van der Waals surface area (Å²) in [5.41, 5.74) is 4.97. The monoisotopic (exact) mass is 424 g/mol. The fourth-order valence-corrected chi connectivity index (χ4v) is 3.87. The first-order valence-electron chi connectivity index (χ1n) is 10.3. The van der Waals surface area contributed by atoms with Crippen LogP contribution in [0.3, 0.4) is 0 Å². The third kappa shape index (κ3) is 3.24. The number of carbonyl (C=O) groups excluding carboxylic acids is 3. The Morgan fingerprint density at radius 2 is 1.62 bits per heavy atom. The normalized spacial score (nSPS) is 14.0. The van der Waals surface area contributed by atoms with Gasteiger partial charge in [-0.1, -0.05) is 24.3 Å². The number of imidazole rings is 1. The van der Waals surface area contributed by atoms with Gasteiger partial charge in [-0.25, -0.2) is 4.98 Å². The average Bonchev–Trinajstić information content (AvgIpc) is 3.32. The molecule has 1 N–H and O–H groups in total. The summed E-state index contributed by atoms with van der Waals surface area (Å²) in [7, 11) is 0. The number of aromatic nitrogens is 2. The van der Waals surface area contributed by atoms with E-state index in [4.69, 9.17) is 0 Å². The molecular weight excluding hydrogens is 404 g/mol. The number of hydrogen-bond donors (Lipinski definition) is 1. The van der Waals surface area contributed by atoms with Gasteiger partial charge in [0, 0.05) is 23.6 Å². The van der Waals surface area contributed by atoms with Gasteiger partial charge in [0.25, 0.3) is 11.8 Å². The van der Waals surface area contributed by atoms with Gasteiger partial charge in [-0.2, -0.15) is 0 Å². The molecular formula is C25H20N4O3. The molecule has 7 nitrogen and oxygen atoms in total. The summed E-state index contributed by atoms with van der Waals surface area (Å²) in [4.78, 5) is 43.7. The number of anilines is 1. The Balaban J connectivity index is 1.31. The first kappa shape index (κ1) is 19.7. The molecule has 0 fully saturated rings. The fourth-order valence-electron chi connectivity index (χ4n) is 3.87. The van der Waals surface area contributed by atoms with Crippen molar-refractivity contribution in [1.29, 1.82) is 0 Å². The lowest BCUT2D eigenvalue weighted by atomic mass is 10.1. The minimum Gasteiger partial charge on any atom is -0.324 e. The van der Waals surface area contributed by atoms with Gasteiger partial charge in [0.15, 0.2) is 0 Å².